The van der Waals surface area contributed by atoms with Crippen molar-refractivity contribution in [2.24, 2.45) is 0 Å². The fraction of sp³-hybridized carbons (Fsp3) is 0.467. The molecule has 0 bridgehead atoms. The zero-order chi connectivity index (χ0) is 11.4. The van der Waals surface area contributed by atoms with Crippen LogP contribution in [-0.2, 0) is 0 Å². The normalized spacial score (nSPS) is 23.8. The van der Waals surface area contributed by atoms with Gasteiger partial charge >= 0.3 is 0 Å². The van der Waals surface area contributed by atoms with E-state index in [1.54, 1.807) is 0 Å². The van der Waals surface area contributed by atoms with E-state index in [-0.39, 0.29) is 0 Å². The second-order valence-electron chi connectivity index (χ2n) is 4.81. The summed E-state index contributed by atoms with van der Waals surface area (Å²) in [4.78, 5) is 0. The summed E-state index contributed by atoms with van der Waals surface area (Å²) < 4.78 is 0. The lowest BCUT2D eigenvalue weighted by Gasteiger charge is -2.36. The van der Waals surface area contributed by atoms with Gasteiger partial charge in [-0.15, -0.1) is 6.58 Å². The van der Waals surface area contributed by atoms with Crippen LogP contribution in [0.5, 0.6) is 0 Å². The Morgan fingerprint density at radius 3 is 2.94 bits per heavy atom. The maximum Gasteiger partial charge on any atom is 0.00788 e. The predicted octanol–water partition coefficient (Wildman–Crippen LogP) is 3.41. The Labute approximate surface area is 98.6 Å². The van der Waals surface area contributed by atoms with Gasteiger partial charge < -0.3 is 5.32 Å². The van der Waals surface area contributed by atoms with Crippen LogP contribution >= 0.6 is 0 Å². The molecule has 0 saturated heterocycles. The number of nitrogens with one attached hydrogen (secondary N) is 1. The van der Waals surface area contributed by atoms with Crippen LogP contribution in [0.25, 0.3) is 0 Å². The molecule has 2 rings (SSSR count). The molecule has 1 N–H and O–H groups in total. The summed E-state index contributed by atoms with van der Waals surface area (Å²) in [5, 5.41) is 3.56. The first kappa shape index (κ1) is 11.4. The van der Waals surface area contributed by atoms with Crippen molar-refractivity contribution in [2.75, 3.05) is 6.54 Å². The van der Waals surface area contributed by atoms with Crippen molar-refractivity contribution in [1.82, 2.24) is 5.32 Å². The van der Waals surface area contributed by atoms with Gasteiger partial charge in [-0.05, 0) is 44.2 Å². The van der Waals surface area contributed by atoms with E-state index in [1.165, 1.54) is 24.0 Å². The zero-order valence-electron chi connectivity index (χ0n) is 10.1. The fourth-order valence-electron chi connectivity index (χ4n) is 2.37. The molecule has 0 unspecified atom stereocenters. The molecule has 16 heavy (non-hydrogen) atoms. The van der Waals surface area contributed by atoms with Gasteiger partial charge in [-0.2, -0.15) is 0 Å². The predicted molar refractivity (Wildman–Crippen MR) is 69.8 cm³/mol. The second-order valence-corrected chi connectivity index (χ2v) is 4.81. The summed E-state index contributed by atoms with van der Waals surface area (Å²) in [6.45, 7) is 6.98. The topological polar surface area (TPSA) is 12.0 Å². The van der Waals surface area contributed by atoms with E-state index in [4.69, 9.17) is 0 Å². The maximum atomic E-state index is 3.73. The molecule has 0 radical (unpaired) electrons. The zero-order valence-corrected chi connectivity index (χ0v) is 10.1. The third-order valence-corrected chi connectivity index (χ3v) is 3.43. The summed E-state index contributed by atoms with van der Waals surface area (Å²) in [6.07, 6.45) is 5.64. The SMILES string of the molecule is C=CCCNC1CC(c2cccc(C)c2)C1. The highest BCUT2D eigenvalue weighted by molar-refractivity contribution is 5.27. The van der Waals surface area contributed by atoms with Crippen LogP contribution in [0.2, 0.25) is 0 Å². The lowest BCUT2D eigenvalue weighted by atomic mass is 9.75. The van der Waals surface area contributed by atoms with Crippen molar-refractivity contribution in [3.8, 4) is 0 Å². The van der Waals surface area contributed by atoms with E-state index in [9.17, 15) is 0 Å². The molecule has 0 atom stereocenters. The molecule has 1 aromatic rings. The molecule has 0 aromatic heterocycles. The van der Waals surface area contributed by atoms with Crippen LogP contribution in [0, 0.1) is 6.92 Å². The summed E-state index contributed by atoms with van der Waals surface area (Å²) in [6, 6.07) is 9.65. The fourth-order valence-corrected chi connectivity index (χ4v) is 2.37. The van der Waals surface area contributed by atoms with Gasteiger partial charge in [0.2, 0.25) is 0 Å². The lowest BCUT2D eigenvalue weighted by molar-refractivity contribution is 0.293. The third-order valence-electron chi connectivity index (χ3n) is 3.43. The molecule has 1 aliphatic rings. The van der Waals surface area contributed by atoms with E-state index in [0.29, 0.717) is 0 Å². The van der Waals surface area contributed by atoms with Crippen molar-refractivity contribution >= 4 is 0 Å². The molecule has 86 valence electrons. The first-order valence-electron chi connectivity index (χ1n) is 6.20. The average molecular weight is 215 g/mol. The Morgan fingerprint density at radius 2 is 2.25 bits per heavy atom. The highest BCUT2D eigenvalue weighted by atomic mass is 14.9. The highest BCUT2D eigenvalue weighted by Crippen LogP contribution is 2.36. The van der Waals surface area contributed by atoms with E-state index < -0.39 is 0 Å². The number of rotatable bonds is 5. The van der Waals surface area contributed by atoms with Crippen molar-refractivity contribution in [3.63, 3.8) is 0 Å². The molecule has 1 nitrogen and oxygen atoms in total. The van der Waals surface area contributed by atoms with Crippen LogP contribution in [0.15, 0.2) is 36.9 Å². The second kappa shape index (κ2) is 5.31. The smallest absolute Gasteiger partial charge is 0.00788 e. The number of benzene rings is 1. The molecule has 0 amide bonds. The summed E-state index contributed by atoms with van der Waals surface area (Å²) in [7, 11) is 0. The molecular weight excluding hydrogens is 194 g/mol. The van der Waals surface area contributed by atoms with Crippen LogP contribution in [-0.4, -0.2) is 12.6 Å². The number of hydrogen-bond acceptors (Lipinski definition) is 1. The van der Waals surface area contributed by atoms with Gasteiger partial charge in [0.1, 0.15) is 0 Å². The highest BCUT2D eigenvalue weighted by Gasteiger charge is 2.29. The van der Waals surface area contributed by atoms with Gasteiger partial charge in [-0.1, -0.05) is 35.9 Å². The summed E-state index contributed by atoms with van der Waals surface area (Å²) >= 11 is 0. The van der Waals surface area contributed by atoms with Gasteiger partial charge in [-0.25, -0.2) is 0 Å². The largest absolute Gasteiger partial charge is 0.314 e. The van der Waals surface area contributed by atoms with E-state index >= 15 is 0 Å². The van der Waals surface area contributed by atoms with Gasteiger partial charge in [-0.3, -0.25) is 0 Å². The van der Waals surface area contributed by atoms with Crippen molar-refractivity contribution in [2.45, 2.75) is 38.1 Å². The van der Waals surface area contributed by atoms with Crippen LogP contribution < -0.4 is 5.32 Å². The monoisotopic (exact) mass is 215 g/mol. The minimum Gasteiger partial charge on any atom is -0.314 e. The molecule has 1 heteroatoms. The first-order chi connectivity index (χ1) is 7.79. The Balaban J connectivity index is 1.77. The standard InChI is InChI=1S/C15H21N/c1-3-4-8-16-15-10-14(11-15)13-7-5-6-12(2)9-13/h3,5-7,9,14-16H,1,4,8,10-11H2,2H3. The van der Waals surface area contributed by atoms with E-state index in [0.717, 1.165) is 24.9 Å². The molecule has 1 aliphatic carbocycles. The quantitative estimate of drug-likeness (QED) is 0.586. The van der Waals surface area contributed by atoms with Gasteiger partial charge in [0.25, 0.3) is 0 Å². The van der Waals surface area contributed by atoms with Crippen LogP contribution in [0.1, 0.15) is 36.3 Å². The molecule has 0 spiro atoms. The Hall–Kier alpha value is -1.08. The summed E-state index contributed by atoms with van der Waals surface area (Å²) in [5.41, 5.74) is 2.89. The minimum absolute atomic E-state index is 0.727. The molecule has 0 aliphatic heterocycles. The van der Waals surface area contributed by atoms with Gasteiger partial charge in [0, 0.05) is 6.04 Å². The molecule has 1 saturated carbocycles. The van der Waals surface area contributed by atoms with Crippen molar-refractivity contribution < 1.29 is 0 Å². The Kier molecular flexibility index (Phi) is 3.79. The molecular formula is C15H21N. The van der Waals surface area contributed by atoms with Crippen LogP contribution in [0.4, 0.5) is 0 Å². The van der Waals surface area contributed by atoms with Gasteiger partial charge in [0.05, 0.1) is 0 Å². The molecule has 0 heterocycles. The average Bonchev–Trinajstić information content (AvgIpc) is 2.21. The molecule has 1 aromatic carbocycles. The third kappa shape index (κ3) is 2.73. The number of aryl methyl sites for hydroxylation is 1. The molecule has 1 fully saturated rings. The summed E-state index contributed by atoms with van der Waals surface area (Å²) in [5.74, 6) is 0.779. The first-order valence-corrected chi connectivity index (χ1v) is 6.20. The maximum absolute atomic E-state index is 3.73. The number of hydrogen-bond donors (Lipinski definition) is 1. The Bertz CT molecular complexity index is 350. The van der Waals surface area contributed by atoms with E-state index in [1.807, 2.05) is 6.08 Å². The van der Waals surface area contributed by atoms with Crippen molar-refractivity contribution in [3.05, 3.63) is 48.0 Å². The van der Waals surface area contributed by atoms with Gasteiger partial charge in [0.15, 0.2) is 0 Å². The minimum atomic E-state index is 0.727. The Morgan fingerprint density at radius 1 is 1.44 bits per heavy atom. The van der Waals surface area contributed by atoms with Crippen molar-refractivity contribution in [1.29, 1.82) is 0 Å². The van der Waals surface area contributed by atoms with Crippen LogP contribution in [0.3, 0.4) is 0 Å². The van der Waals surface area contributed by atoms with E-state index in [2.05, 4.69) is 43.1 Å². The lowest BCUT2D eigenvalue weighted by Crippen LogP contribution is -2.40.